The molecule has 3 aromatic carbocycles. The van der Waals surface area contributed by atoms with Gasteiger partial charge in [0, 0.05) is 24.0 Å². The van der Waals surface area contributed by atoms with Crippen molar-refractivity contribution >= 4 is 39.3 Å². The maximum Gasteiger partial charge on any atom is 0.261 e. The number of aryl methyl sites for hydroxylation is 1. The van der Waals surface area contributed by atoms with Crippen LogP contribution in [-0.2, 0) is 22.6 Å². The molecule has 35 heavy (non-hydrogen) atoms. The van der Waals surface area contributed by atoms with Crippen LogP contribution in [0.25, 0.3) is 0 Å². The third-order valence-corrected chi connectivity index (χ3v) is 6.24. The Morgan fingerprint density at radius 2 is 1.71 bits per heavy atom. The summed E-state index contributed by atoms with van der Waals surface area (Å²) in [5.74, 6) is 0.0234. The number of hydrogen-bond donors (Lipinski definition) is 1. The standard InChI is InChI=1S/C28H30BrClN2O3/c1-19(2)31-28(34)25(15-21-9-5-4-6-10-21)32(17-22-11-7-8-20(3)14-22)27(33)18-35-26-13-12-23(30)16-24(26)29/h4-14,16,19,25H,15,17-18H2,1-3H3,(H,31,34). The van der Waals surface area contributed by atoms with E-state index in [1.54, 1.807) is 23.1 Å². The van der Waals surface area contributed by atoms with E-state index in [9.17, 15) is 9.59 Å². The van der Waals surface area contributed by atoms with Gasteiger partial charge in [-0.2, -0.15) is 0 Å². The lowest BCUT2D eigenvalue weighted by atomic mass is 10.0. The number of carbonyl (C=O) groups is 2. The Kier molecular flexibility index (Phi) is 9.75. The Labute approximate surface area is 220 Å². The largest absolute Gasteiger partial charge is 0.483 e. The van der Waals surface area contributed by atoms with Crippen molar-refractivity contribution in [3.63, 3.8) is 0 Å². The molecule has 0 saturated carbocycles. The Morgan fingerprint density at radius 3 is 2.37 bits per heavy atom. The molecule has 0 aliphatic carbocycles. The Hall–Kier alpha value is -2.83. The molecule has 1 N–H and O–H groups in total. The molecule has 184 valence electrons. The molecule has 5 nitrogen and oxygen atoms in total. The van der Waals surface area contributed by atoms with Gasteiger partial charge < -0.3 is 15.0 Å². The van der Waals surface area contributed by atoms with Crippen molar-refractivity contribution in [3.05, 3.63) is 99.0 Å². The van der Waals surface area contributed by atoms with Gasteiger partial charge in [-0.25, -0.2) is 0 Å². The van der Waals surface area contributed by atoms with Gasteiger partial charge >= 0.3 is 0 Å². The number of nitrogens with zero attached hydrogens (tertiary/aromatic N) is 1. The smallest absolute Gasteiger partial charge is 0.261 e. The number of ether oxygens (including phenoxy) is 1. The lowest BCUT2D eigenvalue weighted by Crippen LogP contribution is -2.52. The van der Waals surface area contributed by atoms with Gasteiger partial charge in [-0.1, -0.05) is 71.8 Å². The van der Waals surface area contributed by atoms with Crippen LogP contribution in [0.3, 0.4) is 0 Å². The highest BCUT2D eigenvalue weighted by Crippen LogP contribution is 2.28. The molecule has 0 spiro atoms. The fraction of sp³-hybridized carbons (Fsp3) is 0.286. The second kappa shape index (κ2) is 12.8. The van der Waals surface area contributed by atoms with Crippen LogP contribution in [0.5, 0.6) is 5.75 Å². The van der Waals surface area contributed by atoms with Crippen LogP contribution in [0.4, 0.5) is 0 Å². The van der Waals surface area contributed by atoms with E-state index in [4.69, 9.17) is 16.3 Å². The maximum atomic E-state index is 13.6. The van der Waals surface area contributed by atoms with E-state index < -0.39 is 6.04 Å². The molecule has 0 fully saturated rings. The average molecular weight is 558 g/mol. The number of nitrogens with one attached hydrogen (secondary N) is 1. The predicted molar refractivity (Wildman–Crippen MR) is 144 cm³/mol. The van der Waals surface area contributed by atoms with Gasteiger partial charge in [0.05, 0.1) is 4.47 Å². The van der Waals surface area contributed by atoms with Crippen molar-refractivity contribution in [3.8, 4) is 5.75 Å². The minimum absolute atomic E-state index is 0.0574. The molecule has 1 unspecified atom stereocenters. The van der Waals surface area contributed by atoms with Crippen LogP contribution in [0, 0.1) is 6.92 Å². The molecule has 2 amide bonds. The maximum absolute atomic E-state index is 13.6. The molecule has 0 heterocycles. The van der Waals surface area contributed by atoms with Gasteiger partial charge in [-0.15, -0.1) is 0 Å². The highest BCUT2D eigenvalue weighted by Gasteiger charge is 2.31. The summed E-state index contributed by atoms with van der Waals surface area (Å²) in [6, 6.07) is 22.0. The van der Waals surface area contributed by atoms with Crippen LogP contribution in [0.2, 0.25) is 5.02 Å². The van der Waals surface area contributed by atoms with Crippen molar-refractivity contribution in [2.75, 3.05) is 6.61 Å². The van der Waals surface area contributed by atoms with Gasteiger partial charge in [0.25, 0.3) is 5.91 Å². The summed E-state index contributed by atoms with van der Waals surface area (Å²) in [7, 11) is 0. The number of halogens is 2. The van der Waals surface area contributed by atoms with Crippen molar-refractivity contribution in [1.29, 1.82) is 0 Å². The average Bonchev–Trinajstić information content (AvgIpc) is 2.81. The van der Waals surface area contributed by atoms with Crippen LogP contribution < -0.4 is 10.1 Å². The van der Waals surface area contributed by atoms with E-state index in [-0.39, 0.29) is 31.0 Å². The van der Waals surface area contributed by atoms with Crippen molar-refractivity contribution < 1.29 is 14.3 Å². The summed E-state index contributed by atoms with van der Waals surface area (Å²) in [4.78, 5) is 28.6. The second-order valence-electron chi connectivity index (χ2n) is 8.74. The summed E-state index contributed by atoms with van der Waals surface area (Å²) < 4.78 is 6.48. The highest BCUT2D eigenvalue weighted by molar-refractivity contribution is 9.10. The van der Waals surface area contributed by atoms with E-state index in [0.717, 1.165) is 16.7 Å². The second-order valence-corrected chi connectivity index (χ2v) is 10.0. The number of amides is 2. The van der Waals surface area contributed by atoms with Crippen molar-refractivity contribution in [2.24, 2.45) is 0 Å². The fourth-order valence-corrected chi connectivity index (χ4v) is 4.55. The topological polar surface area (TPSA) is 58.6 Å². The first-order valence-electron chi connectivity index (χ1n) is 11.5. The quantitative estimate of drug-likeness (QED) is 0.335. The molecule has 0 aliphatic rings. The normalized spacial score (nSPS) is 11.7. The summed E-state index contributed by atoms with van der Waals surface area (Å²) >= 11 is 9.44. The number of carbonyl (C=O) groups excluding carboxylic acids is 2. The molecule has 0 radical (unpaired) electrons. The third-order valence-electron chi connectivity index (χ3n) is 5.38. The summed E-state index contributed by atoms with van der Waals surface area (Å²) in [5.41, 5.74) is 3.00. The first kappa shape index (κ1) is 26.8. The highest BCUT2D eigenvalue weighted by atomic mass is 79.9. The molecule has 0 aliphatic heterocycles. The van der Waals surface area contributed by atoms with Gasteiger partial charge in [-0.3, -0.25) is 9.59 Å². The molecule has 1 atom stereocenters. The first-order valence-corrected chi connectivity index (χ1v) is 12.7. The monoisotopic (exact) mass is 556 g/mol. The van der Waals surface area contributed by atoms with Crippen LogP contribution in [0.1, 0.15) is 30.5 Å². The predicted octanol–water partition coefficient (Wildman–Crippen LogP) is 5.95. The lowest BCUT2D eigenvalue weighted by molar-refractivity contribution is -0.143. The molecule has 3 aromatic rings. The SMILES string of the molecule is Cc1cccc(CN(C(=O)COc2ccc(Cl)cc2Br)C(Cc2ccccc2)C(=O)NC(C)C)c1. The summed E-state index contributed by atoms with van der Waals surface area (Å²) in [6.07, 6.45) is 0.390. The van der Waals surface area contributed by atoms with Crippen LogP contribution >= 0.6 is 27.5 Å². The number of hydrogen-bond acceptors (Lipinski definition) is 3. The Morgan fingerprint density at radius 1 is 1.00 bits per heavy atom. The van der Waals surface area contributed by atoms with Gasteiger partial charge in [0.2, 0.25) is 5.91 Å². The summed E-state index contributed by atoms with van der Waals surface area (Å²) in [5, 5.41) is 3.55. The molecule has 0 aromatic heterocycles. The molecule has 0 bridgehead atoms. The number of benzene rings is 3. The molecule has 7 heteroatoms. The molecular formula is C28H30BrClN2O3. The van der Waals surface area contributed by atoms with E-state index >= 15 is 0 Å². The minimum atomic E-state index is -0.704. The fourth-order valence-electron chi connectivity index (χ4n) is 3.76. The van der Waals surface area contributed by atoms with E-state index in [1.165, 1.54) is 0 Å². The summed E-state index contributed by atoms with van der Waals surface area (Å²) in [6.45, 7) is 5.89. The zero-order valence-corrected chi connectivity index (χ0v) is 22.5. The van der Waals surface area contributed by atoms with Crippen LogP contribution in [0.15, 0.2) is 77.3 Å². The zero-order chi connectivity index (χ0) is 25.4. The lowest BCUT2D eigenvalue weighted by Gasteiger charge is -2.32. The Balaban J connectivity index is 1.92. The first-order chi connectivity index (χ1) is 16.7. The number of rotatable bonds is 10. The van der Waals surface area contributed by atoms with Gasteiger partial charge in [0.1, 0.15) is 11.8 Å². The van der Waals surface area contributed by atoms with Crippen LogP contribution in [-0.4, -0.2) is 35.4 Å². The molecule has 0 saturated heterocycles. The Bertz CT molecular complexity index is 1150. The van der Waals surface area contributed by atoms with Gasteiger partial charge in [0.15, 0.2) is 6.61 Å². The molecule has 3 rings (SSSR count). The van der Waals surface area contributed by atoms with E-state index in [1.807, 2.05) is 75.4 Å². The minimum Gasteiger partial charge on any atom is -0.483 e. The van der Waals surface area contributed by atoms with E-state index in [0.29, 0.717) is 21.7 Å². The zero-order valence-electron chi connectivity index (χ0n) is 20.1. The molecular weight excluding hydrogens is 528 g/mol. The van der Waals surface area contributed by atoms with Crippen molar-refractivity contribution in [1.82, 2.24) is 10.2 Å². The van der Waals surface area contributed by atoms with E-state index in [2.05, 4.69) is 21.2 Å². The van der Waals surface area contributed by atoms with Gasteiger partial charge in [-0.05, 0) is 66.0 Å². The van der Waals surface area contributed by atoms with Crippen molar-refractivity contribution in [2.45, 2.75) is 45.8 Å². The third kappa shape index (κ3) is 8.11.